The summed E-state index contributed by atoms with van der Waals surface area (Å²) in [4.78, 5) is 13.6. The Hall–Kier alpha value is -1.59. The van der Waals surface area contributed by atoms with E-state index in [0.29, 0.717) is 13.0 Å². The number of rotatable bonds is 7. The van der Waals surface area contributed by atoms with Gasteiger partial charge in [0.05, 0.1) is 0 Å². The summed E-state index contributed by atoms with van der Waals surface area (Å²) in [6.45, 7) is 0.957. The van der Waals surface area contributed by atoms with Gasteiger partial charge in [-0.15, -0.1) is 0 Å². The molecule has 0 saturated heterocycles. The van der Waals surface area contributed by atoms with Crippen LogP contribution in [0.4, 0.5) is 4.79 Å². The van der Waals surface area contributed by atoms with E-state index < -0.39 is 6.09 Å². The number of amides is 1. The third kappa shape index (κ3) is 6.79. The van der Waals surface area contributed by atoms with Gasteiger partial charge in [-0.2, -0.15) is 0 Å². The maximum Gasteiger partial charge on any atom is 0.407 e. The molecule has 0 aliphatic rings. The quantitative estimate of drug-likeness (QED) is 0.779. The minimum Gasteiger partial charge on any atom is -0.445 e. The number of nitrogens with zero attached hydrogens (tertiary/aromatic N) is 1. The lowest BCUT2D eigenvalue weighted by atomic mass is 10.2. The number of nitrogens with one attached hydrogen (secondary N) is 1. The topological polar surface area (TPSA) is 61.8 Å². The lowest BCUT2D eigenvalue weighted by molar-refractivity contribution is 0.130. The van der Waals surface area contributed by atoms with Crippen molar-refractivity contribution in [2.24, 2.45) is 0 Å². The highest BCUT2D eigenvalue weighted by atomic mass is 16.5. The first-order valence-corrected chi connectivity index (χ1v) is 6.34. The van der Waals surface area contributed by atoms with E-state index in [0.717, 1.165) is 5.56 Å². The van der Waals surface area contributed by atoms with Gasteiger partial charge in [-0.3, -0.25) is 0 Å². The number of aliphatic hydroxyl groups is 1. The number of aliphatic hydroxyl groups excluding tert-OH is 1. The number of likely N-dealkylation sites (N-methyl/N-ethyl adjacent to an activating group) is 1. The second-order valence-corrected chi connectivity index (χ2v) is 4.68. The van der Waals surface area contributed by atoms with Gasteiger partial charge in [0.2, 0.25) is 0 Å². The van der Waals surface area contributed by atoms with Crippen LogP contribution in [0.3, 0.4) is 0 Å². The van der Waals surface area contributed by atoms with Crippen LogP contribution >= 0.6 is 0 Å². The number of carbonyl (C=O) groups is 1. The standard InChI is InChI=1S/C14H22N2O3/c1-16(2)10-13(8-9-17)15-14(18)19-11-12-6-4-3-5-7-12/h3-7,13,17H,8-11H2,1-2H3,(H,15,18). The van der Waals surface area contributed by atoms with E-state index in [1.807, 2.05) is 49.3 Å². The van der Waals surface area contributed by atoms with Crippen molar-refractivity contribution in [1.82, 2.24) is 10.2 Å². The van der Waals surface area contributed by atoms with Crippen LogP contribution in [-0.4, -0.2) is 49.4 Å². The van der Waals surface area contributed by atoms with Gasteiger partial charge in [-0.25, -0.2) is 4.79 Å². The van der Waals surface area contributed by atoms with Crippen molar-refractivity contribution in [3.63, 3.8) is 0 Å². The fourth-order valence-corrected chi connectivity index (χ4v) is 1.74. The number of hydrogen-bond donors (Lipinski definition) is 2. The van der Waals surface area contributed by atoms with E-state index in [-0.39, 0.29) is 19.3 Å². The molecule has 0 saturated carbocycles. The van der Waals surface area contributed by atoms with Gasteiger partial charge >= 0.3 is 6.09 Å². The molecule has 0 aliphatic heterocycles. The number of ether oxygens (including phenoxy) is 1. The number of alkyl carbamates (subject to hydrolysis) is 1. The number of benzene rings is 1. The molecule has 5 nitrogen and oxygen atoms in total. The highest BCUT2D eigenvalue weighted by molar-refractivity contribution is 5.67. The zero-order valence-electron chi connectivity index (χ0n) is 11.5. The van der Waals surface area contributed by atoms with Crippen LogP contribution in [0.25, 0.3) is 0 Å². The molecule has 0 radical (unpaired) electrons. The van der Waals surface area contributed by atoms with Gasteiger partial charge in [0.25, 0.3) is 0 Å². The Morgan fingerprint density at radius 2 is 2.05 bits per heavy atom. The first-order chi connectivity index (χ1) is 9.11. The lowest BCUT2D eigenvalue weighted by Crippen LogP contribution is -2.42. The first kappa shape index (κ1) is 15.5. The normalized spacial score (nSPS) is 12.2. The molecule has 1 unspecified atom stereocenters. The predicted molar refractivity (Wildman–Crippen MR) is 73.8 cm³/mol. The van der Waals surface area contributed by atoms with E-state index in [1.165, 1.54) is 0 Å². The Morgan fingerprint density at radius 3 is 2.63 bits per heavy atom. The molecule has 1 amide bonds. The summed E-state index contributed by atoms with van der Waals surface area (Å²) in [5, 5.41) is 11.7. The van der Waals surface area contributed by atoms with Gasteiger partial charge in [0.1, 0.15) is 6.61 Å². The minimum absolute atomic E-state index is 0.0392. The molecule has 1 rings (SSSR count). The maximum absolute atomic E-state index is 11.6. The van der Waals surface area contributed by atoms with Crippen LogP contribution in [0, 0.1) is 0 Å². The van der Waals surface area contributed by atoms with E-state index in [4.69, 9.17) is 9.84 Å². The molecular formula is C14H22N2O3. The highest BCUT2D eigenvalue weighted by Crippen LogP contribution is 2.01. The average molecular weight is 266 g/mol. The second-order valence-electron chi connectivity index (χ2n) is 4.68. The van der Waals surface area contributed by atoms with E-state index in [9.17, 15) is 4.79 Å². The van der Waals surface area contributed by atoms with Gasteiger partial charge in [0, 0.05) is 19.2 Å². The fourth-order valence-electron chi connectivity index (χ4n) is 1.74. The highest BCUT2D eigenvalue weighted by Gasteiger charge is 2.13. The third-order valence-electron chi connectivity index (χ3n) is 2.60. The Kier molecular flexibility index (Phi) is 6.92. The summed E-state index contributed by atoms with van der Waals surface area (Å²) < 4.78 is 5.14. The zero-order valence-corrected chi connectivity index (χ0v) is 11.5. The summed E-state index contributed by atoms with van der Waals surface area (Å²) in [6, 6.07) is 9.41. The van der Waals surface area contributed by atoms with Gasteiger partial charge in [-0.05, 0) is 26.1 Å². The second kappa shape index (κ2) is 8.50. The molecule has 0 spiro atoms. The Bertz CT molecular complexity index is 368. The van der Waals surface area contributed by atoms with E-state index >= 15 is 0 Å². The zero-order chi connectivity index (χ0) is 14.1. The summed E-state index contributed by atoms with van der Waals surface area (Å²) in [5.41, 5.74) is 0.948. The molecule has 1 aromatic carbocycles. The molecule has 1 atom stereocenters. The molecule has 0 bridgehead atoms. The average Bonchev–Trinajstić information content (AvgIpc) is 2.37. The van der Waals surface area contributed by atoms with Crippen molar-refractivity contribution >= 4 is 6.09 Å². The molecular weight excluding hydrogens is 244 g/mol. The summed E-state index contributed by atoms with van der Waals surface area (Å²) in [6.07, 6.45) is 0.0580. The van der Waals surface area contributed by atoms with Crippen LogP contribution in [0.1, 0.15) is 12.0 Å². The van der Waals surface area contributed by atoms with Crippen molar-refractivity contribution in [1.29, 1.82) is 0 Å². The summed E-state index contributed by atoms with van der Waals surface area (Å²) in [7, 11) is 3.84. The first-order valence-electron chi connectivity index (χ1n) is 6.34. The molecule has 5 heteroatoms. The van der Waals surface area contributed by atoms with Crippen LogP contribution < -0.4 is 5.32 Å². The summed E-state index contributed by atoms with van der Waals surface area (Å²) in [5.74, 6) is 0. The van der Waals surface area contributed by atoms with Crippen LogP contribution in [0.15, 0.2) is 30.3 Å². The smallest absolute Gasteiger partial charge is 0.407 e. The molecule has 0 heterocycles. The SMILES string of the molecule is CN(C)CC(CCO)NC(=O)OCc1ccccc1. The molecule has 0 aromatic heterocycles. The van der Waals surface area contributed by atoms with Crippen molar-refractivity contribution in [2.75, 3.05) is 27.2 Å². The summed E-state index contributed by atoms with van der Waals surface area (Å²) >= 11 is 0. The van der Waals surface area contributed by atoms with Crippen molar-refractivity contribution < 1.29 is 14.6 Å². The van der Waals surface area contributed by atoms with Gasteiger partial charge in [0.15, 0.2) is 0 Å². The minimum atomic E-state index is -0.454. The van der Waals surface area contributed by atoms with Crippen molar-refractivity contribution in [3.8, 4) is 0 Å². The molecule has 0 fully saturated rings. The molecule has 1 aromatic rings. The fraction of sp³-hybridized carbons (Fsp3) is 0.500. The molecule has 0 aliphatic carbocycles. The monoisotopic (exact) mass is 266 g/mol. The lowest BCUT2D eigenvalue weighted by Gasteiger charge is -2.21. The van der Waals surface area contributed by atoms with Crippen molar-refractivity contribution in [2.45, 2.75) is 19.1 Å². The van der Waals surface area contributed by atoms with Crippen LogP contribution in [0.5, 0.6) is 0 Å². The van der Waals surface area contributed by atoms with E-state index in [1.54, 1.807) is 0 Å². The van der Waals surface area contributed by atoms with Gasteiger partial charge < -0.3 is 20.1 Å². The third-order valence-corrected chi connectivity index (χ3v) is 2.60. The van der Waals surface area contributed by atoms with Crippen LogP contribution in [-0.2, 0) is 11.3 Å². The largest absolute Gasteiger partial charge is 0.445 e. The Morgan fingerprint density at radius 1 is 1.37 bits per heavy atom. The van der Waals surface area contributed by atoms with E-state index in [2.05, 4.69) is 5.32 Å². The Labute approximate surface area is 114 Å². The number of carbonyl (C=O) groups excluding carboxylic acids is 1. The maximum atomic E-state index is 11.6. The molecule has 19 heavy (non-hydrogen) atoms. The van der Waals surface area contributed by atoms with Gasteiger partial charge in [-0.1, -0.05) is 30.3 Å². The van der Waals surface area contributed by atoms with Crippen LogP contribution in [0.2, 0.25) is 0 Å². The predicted octanol–water partition coefficient (Wildman–Crippen LogP) is 1.23. The molecule has 106 valence electrons. The van der Waals surface area contributed by atoms with Crippen molar-refractivity contribution in [3.05, 3.63) is 35.9 Å². The molecule has 2 N–H and O–H groups in total. The Balaban J connectivity index is 2.35. The number of hydrogen-bond acceptors (Lipinski definition) is 4.